The zero-order chi connectivity index (χ0) is 54.3. The molecule has 0 bridgehead atoms. The van der Waals surface area contributed by atoms with E-state index in [2.05, 4.69) is 93.7 Å². The maximum atomic E-state index is 12.9. The molecule has 0 rings (SSSR count). The largest absolute Gasteiger partial charge is 0.462 e. The van der Waals surface area contributed by atoms with E-state index in [1.165, 1.54) is 186 Å². The molecule has 1 atom stereocenters. The molecule has 0 aliphatic heterocycles. The molecule has 0 aliphatic rings. The Morgan fingerprint density at radius 3 is 0.827 bits per heavy atom. The first-order chi connectivity index (χ1) is 37.0. The lowest BCUT2D eigenvalue weighted by Crippen LogP contribution is -2.30. The highest BCUT2D eigenvalue weighted by Crippen LogP contribution is 2.16. The SMILES string of the molecule is CC/C=C\C/C=C\C/C=C\C/C=C\CCCCCCCCCCCCCCCCC(=O)OCC(COC(=O)CCCCCCC/C=C\CCCCCCCC)OC(=O)CCCCCCC/C=C\CCCCCCCC. The number of rotatable bonds is 59. The Hall–Kier alpha value is -3.15. The van der Waals surface area contributed by atoms with E-state index >= 15 is 0 Å². The second-order valence-corrected chi connectivity index (χ2v) is 21.6. The molecule has 0 amide bonds. The van der Waals surface area contributed by atoms with Crippen LogP contribution in [-0.4, -0.2) is 37.2 Å². The fourth-order valence-electron chi connectivity index (χ4n) is 9.31. The Labute approximate surface area is 465 Å². The van der Waals surface area contributed by atoms with Crippen molar-refractivity contribution in [2.75, 3.05) is 13.2 Å². The van der Waals surface area contributed by atoms with Crippen molar-refractivity contribution < 1.29 is 28.6 Å². The predicted molar refractivity (Wildman–Crippen MR) is 325 cm³/mol. The normalized spacial score (nSPS) is 12.5. The number of hydrogen-bond donors (Lipinski definition) is 0. The lowest BCUT2D eigenvalue weighted by Gasteiger charge is -2.18. The quantitative estimate of drug-likeness (QED) is 0.0261. The van der Waals surface area contributed by atoms with Crippen LogP contribution in [0.1, 0.15) is 329 Å². The van der Waals surface area contributed by atoms with Crippen molar-refractivity contribution in [2.24, 2.45) is 0 Å². The number of carbonyl (C=O) groups excluding carboxylic acids is 3. The fourth-order valence-corrected chi connectivity index (χ4v) is 9.31. The lowest BCUT2D eigenvalue weighted by molar-refractivity contribution is -0.167. The lowest BCUT2D eigenvalue weighted by atomic mass is 10.0. The summed E-state index contributed by atoms with van der Waals surface area (Å²) in [7, 11) is 0. The van der Waals surface area contributed by atoms with E-state index in [1.807, 2.05) is 0 Å². The third kappa shape index (κ3) is 61.6. The molecule has 75 heavy (non-hydrogen) atoms. The van der Waals surface area contributed by atoms with Crippen LogP contribution in [0, 0.1) is 0 Å². The van der Waals surface area contributed by atoms with E-state index in [1.54, 1.807) is 0 Å². The van der Waals surface area contributed by atoms with Crippen LogP contribution >= 0.6 is 0 Å². The summed E-state index contributed by atoms with van der Waals surface area (Å²) in [5.41, 5.74) is 0. The molecular weight excluding hydrogens is 925 g/mol. The average Bonchev–Trinajstić information content (AvgIpc) is 3.41. The van der Waals surface area contributed by atoms with Crippen molar-refractivity contribution >= 4 is 17.9 Å². The molecule has 0 spiro atoms. The minimum atomic E-state index is -0.783. The van der Waals surface area contributed by atoms with Crippen LogP contribution in [0.25, 0.3) is 0 Å². The maximum absolute atomic E-state index is 12.9. The summed E-state index contributed by atoms with van der Waals surface area (Å²) in [6, 6.07) is 0. The molecule has 0 fully saturated rings. The van der Waals surface area contributed by atoms with Crippen LogP contribution < -0.4 is 0 Å². The highest BCUT2D eigenvalue weighted by atomic mass is 16.6. The molecule has 0 radical (unpaired) electrons. The van der Waals surface area contributed by atoms with E-state index in [4.69, 9.17) is 14.2 Å². The summed E-state index contributed by atoms with van der Waals surface area (Å²) in [6.07, 6.45) is 82.0. The van der Waals surface area contributed by atoms with E-state index in [0.717, 1.165) is 103 Å². The molecule has 0 aromatic rings. The Kier molecular flexibility index (Phi) is 60.7. The number of esters is 3. The third-order valence-corrected chi connectivity index (χ3v) is 14.2. The van der Waals surface area contributed by atoms with Crippen molar-refractivity contribution in [3.63, 3.8) is 0 Å². The number of allylic oxidation sites excluding steroid dienone is 12. The van der Waals surface area contributed by atoms with E-state index in [9.17, 15) is 14.4 Å². The molecule has 1 unspecified atom stereocenters. The summed E-state index contributed by atoms with van der Waals surface area (Å²) in [5, 5.41) is 0. The Bertz CT molecular complexity index is 1390. The monoisotopic (exact) mass is 1050 g/mol. The van der Waals surface area contributed by atoms with Gasteiger partial charge >= 0.3 is 17.9 Å². The van der Waals surface area contributed by atoms with Crippen LogP contribution in [-0.2, 0) is 28.6 Å². The van der Waals surface area contributed by atoms with Gasteiger partial charge < -0.3 is 14.2 Å². The maximum Gasteiger partial charge on any atom is 0.306 e. The van der Waals surface area contributed by atoms with Gasteiger partial charge in [-0.1, -0.05) is 273 Å². The van der Waals surface area contributed by atoms with Gasteiger partial charge in [0.2, 0.25) is 0 Å². The number of hydrogen-bond acceptors (Lipinski definition) is 6. The summed E-state index contributed by atoms with van der Waals surface area (Å²) in [6.45, 7) is 6.54. The Morgan fingerprint density at radius 2 is 0.520 bits per heavy atom. The van der Waals surface area contributed by atoms with Gasteiger partial charge in [-0.3, -0.25) is 14.4 Å². The molecular formula is C69H122O6. The number of carbonyl (C=O) groups is 3. The molecule has 0 aromatic heterocycles. The van der Waals surface area contributed by atoms with Crippen molar-refractivity contribution in [2.45, 2.75) is 335 Å². The minimum Gasteiger partial charge on any atom is -0.462 e. The Morgan fingerprint density at radius 1 is 0.280 bits per heavy atom. The van der Waals surface area contributed by atoms with Gasteiger partial charge in [0.25, 0.3) is 0 Å². The first kappa shape index (κ1) is 71.8. The highest BCUT2D eigenvalue weighted by molar-refractivity contribution is 5.71. The molecule has 0 aromatic carbocycles. The summed E-state index contributed by atoms with van der Waals surface area (Å²) >= 11 is 0. The van der Waals surface area contributed by atoms with Gasteiger partial charge in [-0.05, 0) is 109 Å². The van der Waals surface area contributed by atoms with Crippen LogP contribution in [0.5, 0.6) is 0 Å². The van der Waals surface area contributed by atoms with E-state index in [0.29, 0.717) is 19.3 Å². The van der Waals surface area contributed by atoms with Gasteiger partial charge in [0.15, 0.2) is 6.10 Å². The predicted octanol–water partition coefficient (Wildman–Crippen LogP) is 22.1. The minimum absolute atomic E-state index is 0.0791. The summed E-state index contributed by atoms with van der Waals surface area (Å²) in [4.78, 5) is 38.3. The molecule has 0 heterocycles. The second-order valence-electron chi connectivity index (χ2n) is 21.6. The van der Waals surface area contributed by atoms with Crippen LogP contribution in [0.15, 0.2) is 72.9 Å². The van der Waals surface area contributed by atoms with Gasteiger partial charge in [-0.2, -0.15) is 0 Å². The number of ether oxygens (including phenoxy) is 3. The van der Waals surface area contributed by atoms with Crippen molar-refractivity contribution in [1.29, 1.82) is 0 Å². The van der Waals surface area contributed by atoms with Crippen LogP contribution in [0.4, 0.5) is 0 Å². The second kappa shape index (κ2) is 63.4. The smallest absolute Gasteiger partial charge is 0.306 e. The van der Waals surface area contributed by atoms with Crippen molar-refractivity contribution in [1.82, 2.24) is 0 Å². The van der Waals surface area contributed by atoms with Crippen molar-refractivity contribution in [3.05, 3.63) is 72.9 Å². The van der Waals surface area contributed by atoms with Gasteiger partial charge in [0, 0.05) is 19.3 Å². The van der Waals surface area contributed by atoms with Crippen LogP contribution in [0.3, 0.4) is 0 Å². The van der Waals surface area contributed by atoms with Gasteiger partial charge in [-0.25, -0.2) is 0 Å². The number of unbranched alkanes of at least 4 members (excludes halogenated alkanes) is 36. The first-order valence-electron chi connectivity index (χ1n) is 32.4. The molecule has 0 N–H and O–H groups in total. The topological polar surface area (TPSA) is 78.9 Å². The van der Waals surface area contributed by atoms with Gasteiger partial charge in [0.1, 0.15) is 13.2 Å². The van der Waals surface area contributed by atoms with Gasteiger partial charge in [-0.15, -0.1) is 0 Å². The zero-order valence-corrected chi connectivity index (χ0v) is 49.8. The Balaban J connectivity index is 4.27. The average molecular weight is 1050 g/mol. The fraction of sp³-hybridized carbons (Fsp3) is 0.783. The molecule has 0 saturated carbocycles. The zero-order valence-electron chi connectivity index (χ0n) is 49.8. The third-order valence-electron chi connectivity index (χ3n) is 14.2. The highest BCUT2D eigenvalue weighted by Gasteiger charge is 2.19. The van der Waals surface area contributed by atoms with Crippen LogP contribution in [0.2, 0.25) is 0 Å². The standard InChI is InChI=1S/C69H122O6/c1-4-7-10-13-16-19-22-25-28-29-30-31-32-33-34-35-36-37-38-39-42-44-47-50-53-56-59-62-68(71)74-65-66(75-69(72)63-60-57-54-51-48-45-41-27-24-21-18-15-12-9-6-3)64-73-67(70)61-58-55-52-49-46-43-40-26-23-20-17-14-11-8-5-2/h7,10,16,19,25-28,30-31,40-41,66H,4-6,8-9,11-15,17-18,20-24,29,32-39,42-65H2,1-3H3/b10-7-,19-16-,28-25-,31-30-,40-26-,41-27-. The molecule has 6 heteroatoms. The molecule has 0 aliphatic carbocycles. The van der Waals surface area contributed by atoms with E-state index in [-0.39, 0.29) is 31.1 Å². The summed E-state index contributed by atoms with van der Waals surface area (Å²) < 4.78 is 16.9. The molecule has 434 valence electrons. The van der Waals surface area contributed by atoms with E-state index < -0.39 is 6.10 Å². The van der Waals surface area contributed by atoms with Gasteiger partial charge in [0.05, 0.1) is 0 Å². The molecule has 6 nitrogen and oxygen atoms in total. The summed E-state index contributed by atoms with van der Waals surface area (Å²) in [5.74, 6) is -0.881. The first-order valence-corrected chi connectivity index (χ1v) is 32.4. The van der Waals surface area contributed by atoms with Crippen molar-refractivity contribution in [3.8, 4) is 0 Å². The molecule has 0 saturated heterocycles.